The molecular formula is C12H10F3N3O3. The molecule has 0 radical (unpaired) electrons. The van der Waals surface area contributed by atoms with Crippen molar-refractivity contribution >= 4 is 11.4 Å². The minimum absolute atomic E-state index is 0.0569. The lowest BCUT2D eigenvalue weighted by Gasteiger charge is -2.26. The molecule has 1 aromatic rings. The van der Waals surface area contributed by atoms with Gasteiger partial charge in [-0.3, -0.25) is 10.1 Å². The van der Waals surface area contributed by atoms with Crippen molar-refractivity contribution in [2.45, 2.75) is 18.2 Å². The summed E-state index contributed by atoms with van der Waals surface area (Å²) in [5.74, 6) is 0. The highest BCUT2D eigenvalue weighted by Gasteiger charge is 2.57. The summed E-state index contributed by atoms with van der Waals surface area (Å²) in [5.41, 5.74) is -3.22. The van der Waals surface area contributed by atoms with Crippen molar-refractivity contribution in [3.8, 4) is 6.07 Å². The van der Waals surface area contributed by atoms with Crippen LogP contribution in [0, 0.1) is 21.4 Å². The van der Waals surface area contributed by atoms with E-state index in [4.69, 9.17) is 5.26 Å². The predicted octanol–water partition coefficient (Wildman–Crippen LogP) is 1.97. The molecule has 1 atom stereocenters. The lowest BCUT2D eigenvalue weighted by molar-refractivity contribution is -0.385. The Kier molecular flexibility index (Phi) is 3.51. The van der Waals surface area contributed by atoms with Crippen LogP contribution in [0.15, 0.2) is 18.2 Å². The molecule has 1 N–H and O–H groups in total. The molecule has 1 aliphatic heterocycles. The molecule has 1 fully saturated rings. The number of nitro benzene ring substituents is 1. The monoisotopic (exact) mass is 301 g/mol. The third-order valence-corrected chi connectivity index (χ3v) is 3.44. The van der Waals surface area contributed by atoms with Crippen molar-refractivity contribution in [1.29, 1.82) is 5.26 Å². The van der Waals surface area contributed by atoms with Gasteiger partial charge in [0.05, 0.1) is 11.5 Å². The molecule has 1 saturated heterocycles. The fourth-order valence-corrected chi connectivity index (χ4v) is 2.22. The molecule has 1 heterocycles. The molecule has 0 aliphatic carbocycles. The van der Waals surface area contributed by atoms with E-state index >= 15 is 0 Å². The van der Waals surface area contributed by atoms with Crippen LogP contribution in [-0.4, -0.2) is 34.9 Å². The smallest absolute Gasteiger partial charge is 0.379 e. The molecule has 0 bridgehead atoms. The Bertz CT molecular complexity index is 626. The summed E-state index contributed by atoms with van der Waals surface area (Å²) < 4.78 is 38.2. The SMILES string of the molecule is N#Cc1cc(N2CC[C@](O)(C(F)(F)F)C2)ccc1[N+](=O)[O-]. The molecule has 0 aromatic heterocycles. The fourth-order valence-electron chi connectivity index (χ4n) is 2.22. The maximum absolute atomic E-state index is 12.7. The Balaban J connectivity index is 2.30. The van der Waals surface area contributed by atoms with Gasteiger partial charge in [0.1, 0.15) is 11.6 Å². The highest BCUT2D eigenvalue weighted by atomic mass is 19.4. The fraction of sp³-hybridized carbons (Fsp3) is 0.417. The zero-order valence-corrected chi connectivity index (χ0v) is 10.6. The van der Waals surface area contributed by atoms with E-state index in [1.165, 1.54) is 11.0 Å². The number of β-amino-alcohol motifs (C(OH)–C–C–N with tert-alkyl or cyclic N) is 1. The second-order valence-electron chi connectivity index (χ2n) is 4.77. The quantitative estimate of drug-likeness (QED) is 0.666. The minimum Gasteiger partial charge on any atom is -0.379 e. The summed E-state index contributed by atoms with van der Waals surface area (Å²) in [6.45, 7) is -0.724. The van der Waals surface area contributed by atoms with Crippen LogP contribution in [0.3, 0.4) is 0 Å². The van der Waals surface area contributed by atoms with Gasteiger partial charge in [0, 0.05) is 24.7 Å². The van der Waals surface area contributed by atoms with Gasteiger partial charge < -0.3 is 10.0 Å². The number of nitrogens with zero attached hydrogens (tertiary/aromatic N) is 3. The summed E-state index contributed by atoms with van der Waals surface area (Å²) in [4.78, 5) is 11.2. The Labute approximate surface area is 117 Å². The molecular weight excluding hydrogens is 291 g/mol. The Morgan fingerprint density at radius 2 is 2.14 bits per heavy atom. The molecule has 112 valence electrons. The van der Waals surface area contributed by atoms with E-state index in [2.05, 4.69) is 0 Å². The van der Waals surface area contributed by atoms with E-state index in [-0.39, 0.29) is 17.8 Å². The molecule has 1 aliphatic rings. The number of halogens is 3. The van der Waals surface area contributed by atoms with Gasteiger partial charge >= 0.3 is 6.18 Å². The molecule has 2 rings (SSSR count). The zero-order valence-electron chi connectivity index (χ0n) is 10.6. The summed E-state index contributed by atoms with van der Waals surface area (Å²) in [5, 5.41) is 29.2. The van der Waals surface area contributed by atoms with Crippen LogP contribution in [0.2, 0.25) is 0 Å². The lowest BCUT2D eigenvalue weighted by Crippen LogP contribution is -2.47. The van der Waals surface area contributed by atoms with Gasteiger partial charge in [-0.15, -0.1) is 0 Å². The number of hydrogen-bond acceptors (Lipinski definition) is 5. The van der Waals surface area contributed by atoms with Gasteiger partial charge in [-0.05, 0) is 12.1 Å². The van der Waals surface area contributed by atoms with E-state index < -0.39 is 35.4 Å². The van der Waals surface area contributed by atoms with Crippen molar-refractivity contribution in [2.24, 2.45) is 0 Å². The number of rotatable bonds is 2. The van der Waals surface area contributed by atoms with Gasteiger partial charge in [-0.2, -0.15) is 18.4 Å². The second kappa shape index (κ2) is 4.89. The molecule has 0 amide bonds. The third kappa shape index (κ3) is 2.62. The average Bonchev–Trinajstić information content (AvgIpc) is 2.81. The number of anilines is 1. The highest BCUT2D eigenvalue weighted by Crippen LogP contribution is 2.39. The van der Waals surface area contributed by atoms with E-state index in [1.807, 2.05) is 0 Å². The molecule has 21 heavy (non-hydrogen) atoms. The van der Waals surface area contributed by atoms with Gasteiger partial charge in [0.15, 0.2) is 5.60 Å². The Morgan fingerprint density at radius 3 is 2.62 bits per heavy atom. The first kappa shape index (κ1) is 15.1. The topological polar surface area (TPSA) is 90.4 Å². The van der Waals surface area contributed by atoms with Crippen molar-refractivity contribution in [1.82, 2.24) is 0 Å². The molecule has 0 spiro atoms. The maximum Gasteiger partial charge on any atom is 0.418 e. The van der Waals surface area contributed by atoms with Crippen molar-refractivity contribution in [3.63, 3.8) is 0 Å². The van der Waals surface area contributed by atoms with Gasteiger partial charge in [0.2, 0.25) is 0 Å². The van der Waals surface area contributed by atoms with Crippen LogP contribution in [0.25, 0.3) is 0 Å². The van der Waals surface area contributed by atoms with Gasteiger partial charge in [-0.1, -0.05) is 0 Å². The first-order chi connectivity index (χ1) is 9.68. The summed E-state index contributed by atoms with van der Waals surface area (Å²) in [7, 11) is 0. The largest absolute Gasteiger partial charge is 0.418 e. The zero-order chi connectivity index (χ0) is 15.8. The normalized spacial score (nSPS) is 22.1. The summed E-state index contributed by atoms with van der Waals surface area (Å²) in [6.07, 6.45) is -5.24. The van der Waals surface area contributed by atoms with E-state index in [0.29, 0.717) is 0 Å². The van der Waals surface area contributed by atoms with Crippen LogP contribution in [0.5, 0.6) is 0 Å². The number of benzene rings is 1. The van der Waals surface area contributed by atoms with Crippen molar-refractivity contribution < 1.29 is 23.2 Å². The van der Waals surface area contributed by atoms with Crippen LogP contribution in [-0.2, 0) is 0 Å². The number of nitriles is 1. The van der Waals surface area contributed by atoms with E-state index in [0.717, 1.165) is 12.1 Å². The summed E-state index contributed by atoms with van der Waals surface area (Å²) >= 11 is 0. The predicted molar refractivity (Wildman–Crippen MR) is 65.6 cm³/mol. The van der Waals surface area contributed by atoms with Crippen molar-refractivity contribution in [2.75, 3.05) is 18.0 Å². The number of aliphatic hydroxyl groups is 1. The Hall–Kier alpha value is -2.34. The van der Waals surface area contributed by atoms with Crippen LogP contribution >= 0.6 is 0 Å². The van der Waals surface area contributed by atoms with Crippen LogP contribution < -0.4 is 4.90 Å². The number of hydrogen-bond donors (Lipinski definition) is 1. The maximum atomic E-state index is 12.7. The molecule has 6 nitrogen and oxygen atoms in total. The molecule has 0 saturated carbocycles. The van der Waals surface area contributed by atoms with E-state index in [9.17, 15) is 28.4 Å². The van der Waals surface area contributed by atoms with Crippen LogP contribution in [0.1, 0.15) is 12.0 Å². The van der Waals surface area contributed by atoms with Crippen LogP contribution in [0.4, 0.5) is 24.5 Å². The first-order valence-electron chi connectivity index (χ1n) is 5.90. The minimum atomic E-state index is -4.75. The third-order valence-electron chi connectivity index (χ3n) is 3.44. The van der Waals surface area contributed by atoms with Crippen molar-refractivity contribution in [3.05, 3.63) is 33.9 Å². The first-order valence-corrected chi connectivity index (χ1v) is 5.90. The number of nitro groups is 1. The molecule has 1 aromatic carbocycles. The molecule has 9 heteroatoms. The average molecular weight is 301 g/mol. The standard InChI is InChI=1S/C12H10F3N3O3/c13-12(14,15)11(19)3-4-17(7-11)9-1-2-10(18(20)21)8(5-9)6-16/h1-2,5,19H,3-4,7H2/t11-/m1/s1. The molecule has 0 unspecified atom stereocenters. The summed E-state index contributed by atoms with van der Waals surface area (Å²) in [6, 6.07) is 5.12. The number of alkyl halides is 3. The highest BCUT2D eigenvalue weighted by molar-refractivity contribution is 5.60. The van der Waals surface area contributed by atoms with Gasteiger partial charge in [0.25, 0.3) is 5.69 Å². The lowest BCUT2D eigenvalue weighted by atomic mass is 10.0. The van der Waals surface area contributed by atoms with Gasteiger partial charge in [-0.25, -0.2) is 0 Å². The van der Waals surface area contributed by atoms with E-state index in [1.54, 1.807) is 6.07 Å². The second-order valence-corrected chi connectivity index (χ2v) is 4.77. The Morgan fingerprint density at radius 1 is 1.48 bits per heavy atom.